The van der Waals surface area contributed by atoms with E-state index in [1.165, 1.54) is 12.0 Å². The monoisotopic (exact) mass is 174 g/mol. The van der Waals surface area contributed by atoms with Crippen LogP contribution < -0.4 is 0 Å². The second kappa shape index (κ2) is 3.85. The van der Waals surface area contributed by atoms with Gasteiger partial charge in [0.2, 0.25) is 6.39 Å². The molecule has 66 valence electrons. The fourth-order valence-electron chi connectivity index (χ4n) is 1.20. The number of benzene rings is 1. The summed E-state index contributed by atoms with van der Waals surface area (Å²) in [4.78, 5) is 3.95. The van der Waals surface area contributed by atoms with Crippen LogP contribution in [0, 0.1) is 0 Å². The molecule has 0 fully saturated rings. The predicted molar refractivity (Wildman–Crippen MR) is 48.1 cm³/mol. The maximum Gasteiger partial charge on any atom is 0.213 e. The van der Waals surface area contributed by atoms with E-state index >= 15 is 0 Å². The van der Waals surface area contributed by atoms with E-state index < -0.39 is 0 Å². The molecule has 3 nitrogen and oxygen atoms in total. The van der Waals surface area contributed by atoms with Gasteiger partial charge in [-0.2, -0.15) is 4.98 Å². The summed E-state index contributed by atoms with van der Waals surface area (Å²) in [5.41, 5.74) is 1.30. The molecule has 0 amide bonds. The maximum atomic E-state index is 4.64. The summed E-state index contributed by atoms with van der Waals surface area (Å²) in [6.45, 7) is 0. The Hall–Kier alpha value is -1.64. The molecule has 0 bridgehead atoms. The zero-order valence-corrected chi connectivity index (χ0v) is 7.18. The van der Waals surface area contributed by atoms with Gasteiger partial charge in [0.15, 0.2) is 5.82 Å². The van der Waals surface area contributed by atoms with E-state index in [4.69, 9.17) is 0 Å². The van der Waals surface area contributed by atoms with Crippen molar-refractivity contribution in [3.8, 4) is 0 Å². The molecule has 0 saturated carbocycles. The minimum atomic E-state index is 0.767. The summed E-state index contributed by atoms with van der Waals surface area (Å²) < 4.78 is 4.64. The first kappa shape index (κ1) is 7.98. The molecule has 1 heterocycles. The Balaban J connectivity index is 1.94. The third-order valence-electron chi connectivity index (χ3n) is 1.89. The van der Waals surface area contributed by atoms with Crippen molar-refractivity contribution in [1.82, 2.24) is 10.1 Å². The molecule has 0 spiro atoms. The Morgan fingerprint density at radius 2 is 1.92 bits per heavy atom. The minimum absolute atomic E-state index is 0.767. The van der Waals surface area contributed by atoms with Crippen molar-refractivity contribution in [3.63, 3.8) is 0 Å². The van der Waals surface area contributed by atoms with Crippen LogP contribution in [0.25, 0.3) is 0 Å². The predicted octanol–water partition coefficient (Wildman–Crippen LogP) is 1.85. The van der Waals surface area contributed by atoms with Crippen LogP contribution in [0.2, 0.25) is 0 Å². The molecular formula is C10H10N2O. The highest BCUT2D eigenvalue weighted by Crippen LogP contribution is 2.02. The Morgan fingerprint density at radius 3 is 2.62 bits per heavy atom. The molecular weight excluding hydrogens is 164 g/mol. The van der Waals surface area contributed by atoms with E-state index in [1.54, 1.807) is 0 Å². The highest BCUT2D eigenvalue weighted by atomic mass is 16.5. The largest absolute Gasteiger partial charge is 0.343 e. The molecule has 0 radical (unpaired) electrons. The lowest BCUT2D eigenvalue weighted by Gasteiger charge is -1.96. The van der Waals surface area contributed by atoms with Gasteiger partial charge in [0.1, 0.15) is 0 Å². The van der Waals surface area contributed by atoms with Gasteiger partial charge in [0.05, 0.1) is 0 Å². The Kier molecular flexibility index (Phi) is 2.36. The Morgan fingerprint density at radius 1 is 1.08 bits per heavy atom. The topological polar surface area (TPSA) is 38.9 Å². The lowest BCUT2D eigenvalue weighted by molar-refractivity contribution is 0.410. The number of rotatable bonds is 3. The molecule has 3 heteroatoms. The van der Waals surface area contributed by atoms with E-state index in [9.17, 15) is 0 Å². The maximum absolute atomic E-state index is 4.64. The Bertz CT molecular complexity index is 342. The van der Waals surface area contributed by atoms with Crippen LogP contribution in [-0.2, 0) is 12.8 Å². The molecule has 0 aliphatic heterocycles. The van der Waals surface area contributed by atoms with Crippen LogP contribution in [0.1, 0.15) is 11.4 Å². The van der Waals surface area contributed by atoms with Crippen molar-refractivity contribution in [2.24, 2.45) is 0 Å². The van der Waals surface area contributed by atoms with Crippen molar-refractivity contribution in [2.75, 3.05) is 0 Å². The first-order valence-electron chi connectivity index (χ1n) is 4.24. The summed E-state index contributed by atoms with van der Waals surface area (Å²) in [6.07, 6.45) is 3.15. The molecule has 0 N–H and O–H groups in total. The molecule has 2 aromatic rings. The van der Waals surface area contributed by atoms with E-state index in [1.807, 2.05) is 18.2 Å². The van der Waals surface area contributed by atoms with Gasteiger partial charge in [0, 0.05) is 6.42 Å². The van der Waals surface area contributed by atoms with Crippen LogP contribution in [0.5, 0.6) is 0 Å². The van der Waals surface area contributed by atoms with Crippen molar-refractivity contribution in [1.29, 1.82) is 0 Å². The number of nitrogens with zero attached hydrogens (tertiary/aromatic N) is 2. The van der Waals surface area contributed by atoms with Gasteiger partial charge in [-0.3, -0.25) is 0 Å². The van der Waals surface area contributed by atoms with Crippen LogP contribution >= 0.6 is 0 Å². The van der Waals surface area contributed by atoms with Crippen LogP contribution in [0.15, 0.2) is 41.2 Å². The standard InChI is InChI=1S/C10H10N2O/c1-2-4-9(5-3-1)6-7-10-11-8-13-12-10/h1-5,8H,6-7H2. The summed E-state index contributed by atoms with van der Waals surface area (Å²) in [5.74, 6) is 0.767. The zero-order valence-electron chi connectivity index (χ0n) is 7.18. The van der Waals surface area contributed by atoms with E-state index in [0.29, 0.717) is 0 Å². The second-order valence-corrected chi connectivity index (χ2v) is 2.83. The highest BCUT2D eigenvalue weighted by Gasteiger charge is 1.98. The van der Waals surface area contributed by atoms with Gasteiger partial charge in [-0.15, -0.1) is 0 Å². The minimum Gasteiger partial charge on any atom is -0.343 e. The van der Waals surface area contributed by atoms with Gasteiger partial charge in [-0.25, -0.2) is 0 Å². The van der Waals surface area contributed by atoms with Gasteiger partial charge >= 0.3 is 0 Å². The smallest absolute Gasteiger partial charge is 0.213 e. The van der Waals surface area contributed by atoms with E-state index in [2.05, 4.69) is 26.8 Å². The lowest BCUT2D eigenvalue weighted by atomic mass is 10.1. The average molecular weight is 174 g/mol. The first-order chi connectivity index (χ1) is 6.45. The van der Waals surface area contributed by atoms with Crippen LogP contribution in [-0.4, -0.2) is 10.1 Å². The molecule has 0 unspecified atom stereocenters. The number of hydrogen-bond donors (Lipinski definition) is 0. The second-order valence-electron chi connectivity index (χ2n) is 2.83. The van der Waals surface area contributed by atoms with E-state index in [0.717, 1.165) is 18.7 Å². The van der Waals surface area contributed by atoms with Gasteiger partial charge in [-0.05, 0) is 12.0 Å². The molecule has 0 saturated heterocycles. The fraction of sp³-hybridized carbons (Fsp3) is 0.200. The van der Waals surface area contributed by atoms with Gasteiger partial charge < -0.3 is 4.52 Å². The summed E-state index contributed by atoms with van der Waals surface area (Å²) in [6, 6.07) is 10.3. The normalized spacial score (nSPS) is 10.2. The first-order valence-corrected chi connectivity index (χ1v) is 4.24. The SMILES string of the molecule is c1ccc(CCc2ncon2)cc1. The van der Waals surface area contributed by atoms with Crippen molar-refractivity contribution in [3.05, 3.63) is 48.1 Å². The van der Waals surface area contributed by atoms with Crippen LogP contribution in [0.3, 0.4) is 0 Å². The van der Waals surface area contributed by atoms with Crippen molar-refractivity contribution >= 4 is 0 Å². The quantitative estimate of drug-likeness (QED) is 0.712. The highest BCUT2D eigenvalue weighted by molar-refractivity contribution is 5.15. The molecule has 0 atom stereocenters. The molecule has 1 aromatic carbocycles. The fourth-order valence-corrected chi connectivity index (χ4v) is 1.20. The van der Waals surface area contributed by atoms with Crippen molar-refractivity contribution in [2.45, 2.75) is 12.8 Å². The summed E-state index contributed by atoms with van der Waals surface area (Å²) in [5, 5.41) is 3.75. The number of hydrogen-bond acceptors (Lipinski definition) is 3. The van der Waals surface area contributed by atoms with Gasteiger partial charge in [0.25, 0.3) is 0 Å². The molecule has 2 rings (SSSR count). The van der Waals surface area contributed by atoms with Gasteiger partial charge in [-0.1, -0.05) is 35.5 Å². The Labute approximate surface area is 76.4 Å². The van der Waals surface area contributed by atoms with E-state index in [-0.39, 0.29) is 0 Å². The van der Waals surface area contributed by atoms with Crippen molar-refractivity contribution < 1.29 is 4.52 Å². The summed E-state index contributed by atoms with van der Waals surface area (Å²) in [7, 11) is 0. The third kappa shape index (κ3) is 2.15. The zero-order chi connectivity index (χ0) is 8.93. The summed E-state index contributed by atoms with van der Waals surface area (Å²) >= 11 is 0. The van der Waals surface area contributed by atoms with Crippen LogP contribution in [0.4, 0.5) is 0 Å². The lowest BCUT2D eigenvalue weighted by Crippen LogP contribution is -1.92. The number of aromatic nitrogens is 2. The molecule has 0 aliphatic carbocycles. The average Bonchev–Trinajstić information content (AvgIpc) is 2.69. The third-order valence-corrected chi connectivity index (χ3v) is 1.89. The molecule has 13 heavy (non-hydrogen) atoms. The molecule has 1 aromatic heterocycles. The number of aryl methyl sites for hydroxylation is 2. The molecule has 0 aliphatic rings.